The number of aryl methyl sites for hydroxylation is 2. The monoisotopic (exact) mass is 305 g/mol. The minimum Gasteiger partial charge on any atom is -0.473 e. The second kappa shape index (κ2) is 6.35. The summed E-state index contributed by atoms with van der Waals surface area (Å²) in [5.74, 6) is 1.26. The first-order chi connectivity index (χ1) is 9.86. The number of ether oxygens (including phenoxy) is 1. The van der Waals surface area contributed by atoms with Crippen LogP contribution in [0.4, 0.5) is 11.5 Å². The standard InChI is InChI=1S/C16H23N3OS/c1-9(2)20-16-14(17)6-7-15(19-16)18-11(4)13-8-10(3)21-12(13)5/h6-9,11H,17H2,1-5H3,(H,18,19). The number of pyridine rings is 1. The largest absolute Gasteiger partial charge is 0.473 e. The Hall–Kier alpha value is -1.75. The fraction of sp³-hybridized carbons (Fsp3) is 0.438. The van der Waals surface area contributed by atoms with Crippen molar-refractivity contribution in [2.75, 3.05) is 11.1 Å². The van der Waals surface area contributed by atoms with Gasteiger partial charge in [0.25, 0.3) is 0 Å². The number of hydrogen-bond acceptors (Lipinski definition) is 5. The lowest BCUT2D eigenvalue weighted by Crippen LogP contribution is -2.12. The van der Waals surface area contributed by atoms with Crippen LogP contribution in [-0.2, 0) is 0 Å². The fourth-order valence-electron chi connectivity index (χ4n) is 2.23. The first kappa shape index (κ1) is 15.6. The van der Waals surface area contributed by atoms with Crippen molar-refractivity contribution >= 4 is 22.8 Å². The molecule has 0 bridgehead atoms. The summed E-state index contributed by atoms with van der Waals surface area (Å²) in [5.41, 5.74) is 7.76. The van der Waals surface area contributed by atoms with Gasteiger partial charge in [-0.3, -0.25) is 0 Å². The van der Waals surface area contributed by atoms with Crippen molar-refractivity contribution in [1.82, 2.24) is 4.98 Å². The van der Waals surface area contributed by atoms with Crippen molar-refractivity contribution in [3.05, 3.63) is 33.5 Å². The molecule has 2 heterocycles. The molecule has 0 radical (unpaired) electrons. The van der Waals surface area contributed by atoms with E-state index in [2.05, 4.69) is 37.1 Å². The molecular weight excluding hydrogens is 282 g/mol. The number of nitrogen functional groups attached to an aromatic ring is 1. The van der Waals surface area contributed by atoms with Gasteiger partial charge in [-0.1, -0.05) is 0 Å². The minimum atomic E-state index is 0.0502. The molecule has 0 saturated heterocycles. The van der Waals surface area contributed by atoms with Crippen LogP contribution < -0.4 is 15.8 Å². The van der Waals surface area contributed by atoms with Crippen LogP contribution in [0.25, 0.3) is 0 Å². The summed E-state index contributed by atoms with van der Waals surface area (Å²) >= 11 is 1.82. The number of nitrogens with zero attached hydrogens (tertiary/aromatic N) is 1. The molecule has 1 unspecified atom stereocenters. The average Bonchev–Trinajstić information content (AvgIpc) is 2.72. The maximum absolute atomic E-state index is 5.89. The van der Waals surface area contributed by atoms with Gasteiger partial charge in [0.05, 0.1) is 17.8 Å². The number of anilines is 2. The van der Waals surface area contributed by atoms with E-state index in [1.165, 1.54) is 15.3 Å². The second-order valence-electron chi connectivity index (χ2n) is 5.49. The summed E-state index contributed by atoms with van der Waals surface area (Å²) < 4.78 is 5.63. The highest BCUT2D eigenvalue weighted by Crippen LogP contribution is 2.29. The predicted octanol–water partition coefficient (Wildman–Crippen LogP) is 4.30. The van der Waals surface area contributed by atoms with E-state index in [1.807, 2.05) is 37.3 Å². The van der Waals surface area contributed by atoms with Crippen molar-refractivity contribution in [1.29, 1.82) is 0 Å². The Balaban J connectivity index is 2.17. The third-order valence-electron chi connectivity index (χ3n) is 3.15. The zero-order chi connectivity index (χ0) is 15.6. The van der Waals surface area contributed by atoms with E-state index in [0.717, 1.165) is 5.82 Å². The fourth-order valence-corrected chi connectivity index (χ4v) is 3.25. The molecule has 3 N–H and O–H groups in total. The molecule has 4 nitrogen and oxygen atoms in total. The van der Waals surface area contributed by atoms with Crippen molar-refractivity contribution in [3.63, 3.8) is 0 Å². The molecule has 0 aliphatic rings. The summed E-state index contributed by atoms with van der Waals surface area (Å²) in [4.78, 5) is 7.12. The van der Waals surface area contributed by atoms with Crippen LogP contribution in [0, 0.1) is 13.8 Å². The van der Waals surface area contributed by atoms with Gasteiger partial charge in [0.2, 0.25) is 5.88 Å². The molecule has 0 amide bonds. The van der Waals surface area contributed by atoms with Gasteiger partial charge in [0.1, 0.15) is 5.82 Å². The molecule has 1 atom stereocenters. The Morgan fingerprint density at radius 1 is 1.24 bits per heavy atom. The highest BCUT2D eigenvalue weighted by atomic mass is 32.1. The Kier molecular flexibility index (Phi) is 4.73. The molecule has 0 saturated carbocycles. The van der Waals surface area contributed by atoms with Gasteiger partial charge in [0, 0.05) is 9.75 Å². The lowest BCUT2D eigenvalue weighted by molar-refractivity contribution is 0.234. The molecule has 2 rings (SSSR count). The average molecular weight is 305 g/mol. The second-order valence-corrected chi connectivity index (χ2v) is 6.95. The zero-order valence-corrected chi connectivity index (χ0v) is 14.0. The van der Waals surface area contributed by atoms with Crippen molar-refractivity contribution in [3.8, 4) is 5.88 Å². The van der Waals surface area contributed by atoms with Gasteiger partial charge in [-0.25, -0.2) is 0 Å². The number of hydrogen-bond donors (Lipinski definition) is 2. The third-order valence-corrected chi connectivity index (χ3v) is 4.13. The number of thiophene rings is 1. The van der Waals surface area contributed by atoms with E-state index >= 15 is 0 Å². The van der Waals surface area contributed by atoms with E-state index in [4.69, 9.17) is 10.5 Å². The Labute approximate surface area is 130 Å². The van der Waals surface area contributed by atoms with Crippen LogP contribution in [0.2, 0.25) is 0 Å². The summed E-state index contributed by atoms with van der Waals surface area (Å²) in [7, 11) is 0. The predicted molar refractivity (Wildman–Crippen MR) is 90.2 cm³/mol. The first-order valence-corrected chi connectivity index (χ1v) is 7.95. The Morgan fingerprint density at radius 2 is 1.95 bits per heavy atom. The van der Waals surface area contributed by atoms with E-state index in [-0.39, 0.29) is 12.1 Å². The van der Waals surface area contributed by atoms with E-state index in [1.54, 1.807) is 0 Å². The molecule has 5 heteroatoms. The minimum absolute atomic E-state index is 0.0502. The molecule has 0 aromatic carbocycles. The molecule has 2 aromatic rings. The van der Waals surface area contributed by atoms with Crippen LogP contribution in [-0.4, -0.2) is 11.1 Å². The molecular formula is C16H23N3OS. The molecule has 114 valence electrons. The molecule has 0 aliphatic heterocycles. The van der Waals surface area contributed by atoms with E-state index < -0.39 is 0 Å². The van der Waals surface area contributed by atoms with Crippen LogP contribution in [0.5, 0.6) is 5.88 Å². The van der Waals surface area contributed by atoms with Crippen LogP contribution >= 0.6 is 11.3 Å². The van der Waals surface area contributed by atoms with Crippen LogP contribution in [0.3, 0.4) is 0 Å². The summed E-state index contributed by atoms with van der Waals surface area (Å²) in [6.07, 6.45) is 0.0502. The number of aromatic nitrogens is 1. The lowest BCUT2D eigenvalue weighted by atomic mass is 10.1. The van der Waals surface area contributed by atoms with E-state index in [9.17, 15) is 0 Å². The van der Waals surface area contributed by atoms with Gasteiger partial charge >= 0.3 is 0 Å². The number of nitrogens with two attached hydrogens (primary N) is 1. The topological polar surface area (TPSA) is 60.2 Å². The van der Waals surface area contributed by atoms with Crippen LogP contribution in [0.15, 0.2) is 18.2 Å². The van der Waals surface area contributed by atoms with Crippen molar-refractivity contribution in [2.45, 2.75) is 46.8 Å². The number of rotatable bonds is 5. The van der Waals surface area contributed by atoms with Crippen molar-refractivity contribution in [2.24, 2.45) is 0 Å². The highest BCUT2D eigenvalue weighted by Gasteiger charge is 2.13. The van der Waals surface area contributed by atoms with Crippen molar-refractivity contribution < 1.29 is 4.74 Å². The van der Waals surface area contributed by atoms with Crippen LogP contribution in [0.1, 0.15) is 42.1 Å². The molecule has 0 spiro atoms. The molecule has 0 aliphatic carbocycles. The summed E-state index contributed by atoms with van der Waals surface area (Å²) in [6.45, 7) is 10.3. The SMILES string of the molecule is Cc1cc(C(C)Nc2ccc(N)c(OC(C)C)n2)c(C)s1. The Morgan fingerprint density at radius 3 is 2.52 bits per heavy atom. The van der Waals surface area contributed by atoms with Gasteiger partial charge in [-0.05, 0) is 58.4 Å². The van der Waals surface area contributed by atoms with E-state index in [0.29, 0.717) is 11.6 Å². The van der Waals surface area contributed by atoms with Gasteiger partial charge in [0.15, 0.2) is 0 Å². The zero-order valence-electron chi connectivity index (χ0n) is 13.2. The molecule has 21 heavy (non-hydrogen) atoms. The van der Waals surface area contributed by atoms with Gasteiger partial charge in [-0.15, -0.1) is 11.3 Å². The quantitative estimate of drug-likeness (QED) is 0.864. The third kappa shape index (κ3) is 3.88. The first-order valence-electron chi connectivity index (χ1n) is 7.13. The maximum atomic E-state index is 5.89. The molecule has 0 fully saturated rings. The number of nitrogens with one attached hydrogen (secondary N) is 1. The molecule has 2 aromatic heterocycles. The summed E-state index contributed by atoms with van der Waals surface area (Å²) in [6, 6.07) is 6.12. The summed E-state index contributed by atoms with van der Waals surface area (Å²) in [5, 5.41) is 3.41. The smallest absolute Gasteiger partial charge is 0.239 e. The van der Waals surface area contributed by atoms with Gasteiger partial charge < -0.3 is 15.8 Å². The normalized spacial score (nSPS) is 12.5. The maximum Gasteiger partial charge on any atom is 0.239 e. The highest BCUT2D eigenvalue weighted by molar-refractivity contribution is 7.12. The van der Waals surface area contributed by atoms with Gasteiger partial charge in [-0.2, -0.15) is 4.98 Å². The lowest BCUT2D eigenvalue weighted by Gasteiger charge is -2.17. The Bertz CT molecular complexity index is 622.